The molecule has 0 atom stereocenters. The molecule has 4 heteroatoms. The lowest BCUT2D eigenvalue weighted by molar-refractivity contribution is 0.627. The van der Waals surface area contributed by atoms with Crippen LogP contribution in [-0.2, 0) is 6.54 Å². The number of aromatic nitrogens is 1. The number of anilines is 2. The highest BCUT2D eigenvalue weighted by molar-refractivity contribution is 5.55. The highest BCUT2D eigenvalue weighted by Crippen LogP contribution is 2.18. The van der Waals surface area contributed by atoms with Crippen molar-refractivity contribution in [2.24, 2.45) is 0 Å². The minimum atomic E-state index is -0.208. The van der Waals surface area contributed by atoms with E-state index in [2.05, 4.69) is 15.2 Å². The van der Waals surface area contributed by atoms with E-state index in [0.29, 0.717) is 0 Å². The topological polar surface area (TPSA) is 28.2 Å². The van der Waals surface area contributed by atoms with Gasteiger partial charge in [0.15, 0.2) is 0 Å². The van der Waals surface area contributed by atoms with Crippen molar-refractivity contribution in [3.05, 3.63) is 54.1 Å². The zero-order valence-electron chi connectivity index (χ0n) is 10.5. The Kier molecular flexibility index (Phi) is 3.77. The lowest BCUT2D eigenvalue weighted by atomic mass is 10.2. The van der Waals surface area contributed by atoms with Gasteiger partial charge in [0.1, 0.15) is 5.82 Å². The van der Waals surface area contributed by atoms with Crippen LogP contribution in [0.3, 0.4) is 0 Å². The van der Waals surface area contributed by atoms with Crippen LogP contribution in [0, 0.1) is 5.82 Å². The van der Waals surface area contributed by atoms with Crippen LogP contribution in [0.2, 0.25) is 0 Å². The first-order chi connectivity index (χ1) is 8.69. The van der Waals surface area contributed by atoms with Gasteiger partial charge in [0.05, 0.1) is 23.8 Å². The molecule has 18 heavy (non-hydrogen) atoms. The predicted octanol–water partition coefficient (Wildman–Crippen LogP) is 2.90. The minimum Gasteiger partial charge on any atom is -0.387 e. The average molecular weight is 245 g/mol. The van der Waals surface area contributed by atoms with Gasteiger partial charge in [-0.2, -0.15) is 0 Å². The van der Waals surface area contributed by atoms with Gasteiger partial charge in [-0.3, -0.25) is 4.98 Å². The first kappa shape index (κ1) is 12.4. The summed E-state index contributed by atoms with van der Waals surface area (Å²) in [7, 11) is 3.85. The maximum Gasteiger partial charge on any atom is 0.123 e. The lowest BCUT2D eigenvalue weighted by Gasteiger charge is -2.19. The van der Waals surface area contributed by atoms with E-state index >= 15 is 0 Å². The molecule has 0 aliphatic carbocycles. The van der Waals surface area contributed by atoms with E-state index in [0.717, 1.165) is 23.5 Å². The fourth-order valence-electron chi connectivity index (χ4n) is 1.73. The Morgan fingerprint density at radius 1 is 1.22 bits per heavy atom. The Balaban J connectivity index is 2.11. The van der Waals surface area contributed by atoms with Crippen molar-refractivity contribution < 1.29 is 4.39 Å². The molecule has 0 spiro atoms. The molecule has 1 heterocycles. The Hall–Kier alpha value is -2.10. The quantitative estimate of drug-likeness (QED) is 0.897. The zero-order chi connectivity index (χ0) is 13.0. The van der Waals surface area contributed by atoms with E-state index in [4.69, 9.17) is 0 Å². The molecule has 2 aromatic rings. The molecule has 2 rings (SSSR count). The molecule has 3 nitrogen and oxygen atoms in total. The summed E-state index contributed by atoms with van der Waals surface area (Å²) >= 11 is 0. The second-order valence-corrected chi connectivity index (χ2v) is 4.16. The highest BCUT2D eigenvalue weighted by Gasteiger charge is 2.03. The molecule has 94 valence electrons. The SMILES string of the molecule is CNc1cncc(N(C)Cc2ccc(F)cc2)c1. The number of hydrogen-bond acceptors (Lipinski definition) is 3. The molecule has 0 fully saturated rings. The molecule has 0 aliphatic rings. The van der Waals surface area contributed by atoms with Crippen LogP contribution in [-0.4, -0.2) is 19.1 Å². The average Bonchev–Trinajstić information content (AvgIpc) is 2.41. The van der Waals surface area contributed by atoms with Gasteiger partial charge in [0.25, 0.3) is 0 Å². The summed E-state index contributed by atoms with van der Waals surface area (Å²) in [6.07, 6.45) is 3.58. The van der Waals surface area contributed by atoms with E-state index in [9.17, 15) is 4.39 Å². The summed E-state index contributed by atoms with van der Waals surface area (Å²) in [6, 6.07) is 8.57. The van der Waals surface area contributed by atoms with Crippen LogP contribution in [0.15, 0.2) is 42.7 Å². The second kappa shape index (κ2) is 5.49. The van der Waals surface area contributed by atoms with Crippen molar-refractivity contribution in [2.75, 3.05) is 24.3 Å². The standard InChI is InChI=1S/C14H16FN3/c1-16-13-7-14(9-17-8-13)18(2)10-11-3-5-12(15)6-4-11/h3-9,16H,10H2,1-2H3. The summed E-state index contributed by atoms with van der Waals surface area (Å²) < 4.78 is 12.8. The number of halogens is 1. The molecule has 0 saturated carbocycles. The Bertz CT molecular complexity index is 511. The van der Waals surface area contributed by atoms with Crippen LogP contribution < -0.4 is 10.2 Å². The van der Waals surface area contributed by atoms with Crippen molar-refractivity contribution in [1.29, 1.82) is 0 Å². The highest BCUT2D eigenvalue weighted by atomic mass is 19.1. The number of benzene rings is 1. The molecule has 0 aliphatic heterocycles. The van der Waals surface area contributed by atoms with Crippen molar-refractivity contribution in [2.45, 2.75) is 6.54 Å². The number of rotatable bonds is 4. The van der Waals surface area contributed by atoms with Crippen molar-refractivity contribution >= 4 is 11.4 Å². The summed E-state index contributed by atoms with van der Waals surface area (Å²) in [5, 5.41) is 3.05. The third kappa shape index (κ3) is 2.97. The van der Waals surface area contributed by atoms with E-state index in [-0.39, 0.29) is 5.82 Å². The number of hydrogen-bond donors (Lipinski definition) is 1. The summed E-state index contributed by atoms with van der Waals surface area (Å²) in [6.45, 7) is 0.717. The van der Waals surface area contributed by atoms with Gasteiger partial charge < -0.3 is 10.2 Å². The van der Waals surface area contributed by atoms with E-state index in [1.807, 2.05) is 26.4 Å². The van der Waals surface area contributed by atoms with E-state index < -0.39 is 0 Å². The minimum absolute atomic E-state index is 0.208. The molecule has 1 aromatic carbocycles. The molecule has 0 saturated heterocycles. The summed E-state index contributed by atoms with van der Waals surface area (Å²) in [5.41, 5.74) is 3.05. The Morgan fingerprint density at radius 3 is 2.61 bits per heavy atom. The Labute approximate surface area is 106 Å². The van der Waals surface area contributed by atoms with Gasteiger partial charge in [-0.05, 0) is 23.8 Å². The first-order valence-corrected chi connectivity index (χ1v) is 5.77. The summed E-state index contributed by atoms with van der Waals surface area (Å²) in [4.78, 5) is 6.24. The molecule has 0 unspecified atom stereocenters. The number of nitrogens with zero attached hydrogens (tertiary/aromatic N) is 2. The molecule has 1 aromatic heterocycles. The van der Waals surface area contributed by atoms with Gasteiger partial charge in [0, 0.05) is 20.6 Å². The molecule has 1 N–H and O–H groups in total. The van der Waals surface area contributed by atoms with Crippen LogP contribution in [0.5, 0.6) is 0 Å². The van der Waals surface area contributed by atoms with Crippen LogP contribution in [0.1, 0.15) is 5.56 Å². The largest absolute Gasteiger partial charge is 0.387 e. The first-order valence-electron chi connectivity index (χ1n) is 5.77. The monoisotopic (exact) mass is 245 g/mol. The molecular formula is C14H16FN3. The smallest absolute Gasteiger partial charge is 0.123 e. The predicted molar refractivity (Wildman–Crippen MR) is 72.3 cm³/mol. The van der Waals surface area contributed by atoms with Crippen molar-refractivity contribution in [3.63, 3.8) is 0 Å². The van der Waals surface area contributed by atoms with Crippen LogP contribution >= 0.6 is 0 Å². The number of nitrogens with one attached hydrogen (secondary N) is 1. The van der Waals surface area contributed by atoms with Crippen molar-refractivity contribution in [3.8, 4) is 0 Å². The van der Waals surface area contributed by atoms with Gasteiger partial charge in [-0.25, -0.2) is 4.39 Å². The van der Waals surface area contributed by atoms with E-state index in [1.165, 1.54) is 12.1 Å². The molecule has 0 radical (unpaired) electrons. The second-order valence-electron chi connectivity index (χ2n) is 4.16. The van der Waals surface area contributed by atoms with Gasteiger partial charge in [0.2, 0.25) is 0 Å². The van der Waals surface area contributed by atoms with Crippen LogP contribution in [0.25, 0.3) is 0 Å². The normalized spacial score (nSPS) is 10.2. The molecular weight excluding hydrogens is 229 g/mol. The summed E-state index contributed by atoms with van der Waals surface area (Å²) in [5.74, 6) is -0.208. The van der Waals surface area contributed by atoms with Crippen LogP contribution in [0.4, 0.5) is 15.8 Å². The number of pyridine rings is 1. The maximum absolute atomic E-state index is 12.8. The van der Waals surface area contributed by atoms with Gasteiger partial charge in [-0.1, -0.05) is 12.1 Å². The van der Waals surface area contributed by atoms with E-state index in [1.54, 1.807) is 18.3 Å². The third-order valence-electron chi connectivity index (χ3n) is 2.79. The lowest BCUT2D eigenvalue weighted by Crippen LogP contribution is -2.16. The third-order valence-corrected chi connectivity index (χ3v) is 2.79. The zero-order valence-corrected chi connectivity index (χ0v) is 10.5. The molecule has 0 bridgehead atoms. The van der Waals surface area contributed by atoms with Gasteiger partial charge in [-0.15, -0.1) is 0 Å². The fraction of sp³-hybridized carbons (Fsp3) is 0.214. The van der Waals surface area contributed by atoms with Gasteiger partial charge >= 0.3 is 0 Å². The van der Waals surface area contributed by atoms with Crippen molar-refractivity contribution in [1.82, 2.24) is 4.98 Å². The maximum atomic E-state index is 12.8. The molecule has 0 amide bonds. The Morgan fingerprint density at radius 2 is 1.94 bits per heavy atom. The fourth-order valence-corrected chi connectivity index (χ4v) is 1.73.